The normalized spacial score (nSPS) is 11.6. The number of hydrogen-bond donors (Lipinski definition) is 1. The molecule has 8 heteroatoms. The Hall–Kier alpha value is -1.32. The first kappa shape index (κ1) is 23.7. The van der Waals surface area contributed by atoms with Crippen LogP contribution >= 0.6 is 35.6 Å². The van der Waals surface area contributed by atoms with Gasteiger partial charge in [-0.2, -0.15) is 0 Å². The largest absolute Gasteiger partial charge is 0.356 e. The highest BCUT2D eigenvalue weighted by molar-refractivity contribution is 14.0. The minimum Gasteiger partial charge on any atom is -0.356 e. The van der Waals surface area contributed by atoms with Crippen molar-refractivity contribution in [1.82, 2.24) is 10.2 Å². The van der Waals surface area contributed by atoms with Crippen LogP contribution in [0.4, 0.5) is 0 Å². The number of nitrogens with zero attached hydrogens (tertiary/aromatic N) is 2. The summed E-state index contributed by atoms with van der Waals surface area (Å²) in [7, 11) is 0.565. The van der Waals surface area contributed by atoms with Crippen molar-refractivity contribution in [2.75, 3.05) is 26.9 Å². The molecule has 5 nitrogen and oxygen atoms in total. The molecule has 0 bridgehead atoms. The molecule has 148 valence electrons. The molecule has 0 radical (unpaired) electrons. The van der Waals surface area contributed by atoms with E-state index in [0.717, 1.165) is 28.5 Å². The van der Waals surface area contributed by atoms with Crippen LogP contribution in [0.15, 0.2) is 58.4 Å². The topological polar surface area (TPSA) is 61.8 Å². The molecule has 1 N–H and O–H groups in total. The quantitative estimate of drug-likeness (QED) is 0.358. The van der Waals surface area contributed by atoms with Gasteiger partial charge in [-0.3, -0.25) is 4.99 Å². The van der Waals surface area contributed by atoms with Crippen LogP contribution in [0.2, 0.25) is 5.02 Å². The Morgan fingerprint density at radius 2 is 1.81 bits per heavy atom. The molecule has 0 heterocycles. The highest BCUT2D eigenvalue weighted by Gasteiger charge is 2.08. The Morgan fingerprint density at radius 3 is 2.37 bits per heavy atom. The van der Waals surface area contributed by atoms with Crippen LogP contribution in [0.5, 0.6) is 0 Å². The molecule has 0 aliphatic rings. The Morgan fingerprint density at radius 1 is 1.15 bits per heavy atom. The second-order valence-electron chi connectivity index (χ2n) is 6.13. The molecule has 0 aromatic heterocycles. The predicted molar refractivity (Wildman–Crippen MR) is 123 cm³/mol. The van der Waals surface area contributed by atoms with Crippen molar-refractivity contribution in [3.63, 3.8) is 0 Å². The third kappa shape index (κ3) is 7.67. The Bertz CT molecular complexity index is 871. The summed E-state index contributed by atoms with van der Waals surface area (Å²) in [4.78, 5) is 6.67. The molecule has 2 rings (SSSR count). The molecule has 0 saturated heterocycles. The lowest BCUT2D eigenvalue weighted by Gasteiger charge is -2.22. The lowest BCUT2D eigenvalue weighted by Crippen LogP contribution is -2.39. The van der Waals surface area contributed by atoms with Gasteiger partial charge in [0.15, 0.2) is 15.8 Å². The number of hydrogen-bond acceptors (Lipinski definition) is 3. The molecule has 0 amide bonds. The van der Waals surface area contributed by atoms with Crippen LogP contribution in [0.3, 0.4) is 0 Å². The van der Waals surface area contributed by atoms with E-state index in [0.29, 0.717) is 18.0 Å². The van der Waals surface area contributed by atoms with Gasteiger partial charge in [0.05, 0.1) is 4.90 Å². The third-order valence-corrected chi connectivity index (χ3v) is 5.29. The fourth-order valence-corrected chi connectivity index (χ4v) is 3.43. The molecule has 2 aromatic rings. The van der Waals surface area contributed by atoms with E-state index in [9.17, 15) is 8.42 Å². The zero-order valence-corrected chi connectivity index (χ0v) is 19.5. The first-order chi connectivity index (χ1) is 12.3. The lowest BCUT2D eigenvalue weighted by atomic mass is 10.1. The lowest BCUT2D eigenvalue weighted by molar-refractivity contribution is 0.477. The van der Waals surface area contributed by atoms with E-state index in [2.05, 4.69) is 10.3 Å². The zero-order valence-electron chi connectivity index (χ0n) is 15.6. The molecule has 0 atom stereocenters. The summed E-state index contributed by atoms with van der Waals surface area (Å²) in [5, 5.41) is 4.04. The van der Waals surface area contributed by atoms with Crippen LogP contribution in [0, 0.1) is 0 Å². The Balaban J connectivity index is 0.00000364. The number of sulfone groups is 1. The number of rotatable bonds is 6. The second kappa shape index (κ2) is 10.9. The number of nitrogens with one attached hydrogen (secondary N) is 1. The first-order valence-electron chi connectivity index (χ1n) is 8.25. The summed E-state index contributed by atoms with van der Waals surface area (Å²) >= 11 is 6.03. The molecule has 0 spiro atoms. The van der Waals surface area contributed by atoms with Crippen molar-refractivity contribution >= 4 is 51.4 Å². The summed E-state index contributed by atoms with van der Waals surface area (Å²) < 4.78 is 23.0. The summed E-state index contributed by atoms with van der Waals surface area (Å²) in [5.74, 6) is 0.790. The van der Waals surface area contributed by atoms with Gasteiger partial charge in [0.1, 0.15) is 0 Å². The number of aliphatic imine (C=N–C) groups is 1. The molecule has 27 heavy (non-hydrogen) atoms. The second-order valence-corrected chi connectivity index (χ2v) is 8.58. The molecule has 0 fully saturated rings. The molecule has 0 unspecified atom stereocenters. The van der Waals surface area contributed by atoms with Crippen LogP contribution in [-0.4, -0.2) is 46.2 Å². The van der Waals surface area contributed by atoms with Crippen LogP contribution in [0.25, 0.3) is 0 Å². The average Bonchev–Trinajstić information content (AvgIpc) is 2.58. The van der Waals surface area contributed by atoms with Gasteiger partial charge >= 0.3 is 0 Å². The highest BCUT2D eigenvalue weighted by atomic mass is 127. The van der Waals surface area contributed by atoms with Crippen LogP contribution in [-0.2, 0) is 22.8 Å². The number of guanidine groups is 1. The fourth-order valence-electron chi connectivity index (χ4n) is 2.59. The SMILES string of the molecule is CN=C(NCCc1ccc(S(C)(=O)=O)cc1)N(C)Cc1cccc(Cl)c1.I. The van der Waals surface area contributed by atoms with Gasteiger partial charge in [-0.1, -0.05) is 35.9 Å². The molecule has 0 aliphatic carbocycles. The van der Waals surface area contributed by atoms with Gasteiger partial charge in [0, 0.05) is 38.5 Å². The molecule has 2 aromatic carbocycles. The minimum atomic E-state index is -3.15. The molecule has 0 saturated carbocycles. The predicted octanol–water partition coefficient (Wildman–Crippen LogP) is 3.61. The maximum atomic E-state index is 11.5. The summed E-state index contributed by atoms with van der Waals surface area (Å²) in [6.07, 6.45) is 1.98. The van der Waals surface area contributed by atoms with Crippen LogP contribution in [0.1, 0.15) is 11.1 Å². The van der Waals surface area contributed by atoms with Crippen molar-refractivity contribution < 1.29 is 8.42 Å². The first-order valence-corrected chi connectivity index (χ1v) is 10.5. The summed E-state index contributed by atoms with van der Waals surface area (Å²) in [6, 6.07) is 14.7. The van der Waals surface area contributed by atoms with Gasteiger partial charge < -0.3 is 10.2 Å². The van der Waals surface area contributed by atoms with Crippen LogP contribution < -0.4 is 5.32 Å². The van der Waals surface area contributed by atoms with E-state index in [4.69, 9.17) is 11.6 Å². The zero-order chi connectivity index (χ0) is 19.2. The van der Waals surface area contributed by atoms with E-state index < -0.39 is 9.84 Å². The van der Waals surface area contributed by atoms with E-state index >= 15 is 0 Å². The standard InChI is InChI=1S/C19H24ClN3O2S.HI/c1-21-19(23(2)14-16-5-4-6-17(20)13-16)22-12-11-15-7-9-18(10-8-15)26(3,24)25;/h4-10,13H,11-12,14H2,1-3H3,(H,21,22);1H. The maximum absolute atomic E-state index is 11.5. The molecule has 0 aliphatic heterocycles. The van der Waals surface area contributed by atoms with Gasteiger partial charge in [-0.15, -0.1) is 24.0 Å². The van der Waals surface area contributed by atoms with Gasteiger partial charge in [-0.25, -0.2) is 8.42 Å². The van der Waals surface area contributed by atoms with Gasteiger partial charge in [0.25, 0.3) is 0 Å². The Kier molecular flexibility index (Phi) is 9.55. The van der Waals surface area contributed by atoms with Crippen molar-refractivity contribution in [2.45, 2.75) is 17.9 Å². The van der Waals surface area contributed by atoms with Crippen molar-refractivity contribution in [3.8, 4) is 0 Å². The average molecular weight is 522 g/mol. The summed E-state index contributed by atoms with van der Waals surface area (Å²) in [6.45, 7) is 1.40. The smallest absolute Gasteiger partial charge is 0.193 e. The van der Waals surface area contributed by atoms with Crippen molar-refractivity contribution in [1.29, 1.82) is 0 Å². The maximum Gasteiger partial charge on any atom is 0.193 e. The fraction of sp³-hybridized carbons (Fsp3) is 0.316. The molecular formula is C19H25ClIN3O2S. The van der Waals surface area contributed by atoms with E-state index in [-0.39, 0.29) is 24.0 Å². The number of benzene rings is 2. The van der Waals surface area contributed by atoms with Gasteiger partial charge in [-0.05, 0) is 41.8 Å². The van der Waals surface area contributed by atoms with E-state index in [1.54, 1.807) is 19.2 Å². The van der Waals surface area contributed by atoms with Crippen molar-refractivity contribution in [2.24, 2.45) is 4.99 Å². The monoisotopic (exact) mass is 521 g/mol. The number of halogens is 2. The van der Waals surface area contributed by atoms with Gasteiger partial charge in [0.2, 0.25) is 0 Å². The minimum absolute atomic E-state index is 0. The highest BCUT2D eigenvalue weighted by Crippen LogP contribution is 2.12. The van der Waals surface area contributed by atoms with Crippen molar-refractivity contribution in [3.05, 3.63) is 64.7 Å². The Labute approximate surface area is 183 Å². The van der Waals surface area contributed by atoms with E-state index in [1.807, 2.05) is 48.3 Å². The summed E-state index contributed by atoms with van der Waals surface area (Å²) in [5.41, 5.74) is 2.18. The van der Waals surface area contributed by atoms with E-state index in [1.165, 1.54) is 6.26 Å². The molecular weight excluding hydrogens is 497 g/mol. The third-order valence-electron chi connectivity index (χ3n) is 3.93.